The number of methoxy groups -OCH3 is 1. The molecule has 0 saturated carbocycles. The van der Waals surface area contributed by atoms with Gasteiger partial charge in [-0.25, -0.2) is 4.79 Å². The number of carbonyl (C=O) groups excluding carboxylic acids is 1. The summed E-state index contributed by atoms with van der Waals surface area (Å²) in [5.74, 6) is 0.450. The largest absolute Gasteiger partial charge is 0.467 e. The molecule has 0 radical (unpaired) electrons. The molecule has 3 atom stereocenters. The van der Waals surface area contributed by atoms with Crippen molar-refractivity contribution in [3.05, 3.63) is 41.0 Å². The number of allylic oxidation sites excluding steroid dienone is 2. The highest BCUT2D eigenvalue weighted by molar-refractivity contribution is 5.83. The number of aryl methyl sites for hydroxylation is 2. The minimum absolute atomic E-state index is 0.162. The summed E-state index contributed by atoms with van der Waals surface area (Å²) in [6, 6.07) is 4.03. The van der Waals surface area contributed by atoms with E-state index < -0.39 is 0 Å². The van der Waals surface area contributed by atoms with E-state index in [2.05, 4.69) is 43.4 Å². The molecule has 1 aromatic carbocycles. The van der Waals surface area contributed by atoms with Crippen molar-refractivity contribution >= 4 is 11.7 Å². The molecule has 3 heteroatoms. The summed E-state index contributed by atoms with van der Waals surface area (Å²) in [6.07, 6.45) is 5.36. The van der Waals surface area contributed by atoms with Crippen LogP contribution in [0, 0.1) is 19.8 Å². The first-order valence-electron chi connectivity index (χ1n) is 6.74. The van der Waals surface area contributed by atoms with Gasteiger partial charge in [0, 0.05) is 17.5 Å². The van der Waals surface area contributed by atoms with Crippen LogP contribution >= 0.6 is 0 Å². The fourth-order valence-corrected chi connectivity index (χ4v) is 3.40. The average Bonchev–Trinajstić information content (AvgIpc) is 2.90. The predicted molar refractivity (Wildman–Crippen MR) is 75.3 cm³/mol. The molecule has 1 aliphatic heterocycles. The van der Waals surface area contributed by atoms with E-state index in [4.69, 9.17) is 4.74 Å². The fourth-order valence-electron chi connectivity index (χ4n) is 3.40. The number of nitrogens with one attached hydrogen (secondary N) is 1. The smallest absolute Gasteiger partial charge is 0.328 e. The van der Waals surface area contributed by atoms with E-state index >= 15 is 0 Å². The minimum atomic E-state index is -0.238. The van der Waals surface area contributed by atoms with Crippen LogP contribution in [0.3, 0.4) is 0 Å². The number of hydrogen-bond acceptors (Lipinski definition) is 3. The van der Waals surface area contributed by atoms with E-state index in [0.29, 0.717) is 5.92 Å². The molecule has 0 bridgehead atoms. The number of ether oxygens (including phenoxy) is 1. The number of fused-ring (bicyclic) bond motifs is 3. The number of benzene rings is 1. The van der Waals surface area contributed by atoms with Crippen LogP contribution in [0.25, 0.3) is 0 Å². The molecule has 0 amide bonds. The van der Waals surface area contributed by atoms with Crippen molar-refractivity contribution in [1.29, 1.82) is 0 Å². The quantitative estimate of drug-likeness (QED) is 0.621. The van der Waals surface area contributed by atoms with Gasteiger partial charge < -0.3 is 10.1 Å². The van der Waals surface area contributed by atoms with Crippen LogP contribution in [0.1, 0.15) is 29.0 Å². The Kier molecular flexibility index (Phi) is 2.85. The van der Waals surface area contributed by atoms with Gasteiger partial charge in [0.25, 0.3) is 0 Å². The van der Waals surface area contributed by atoms with E-state index in [1.54, 1.807) is 0 Å². The summed E-state index contributed by atoms with van der Waals surface area (Å²) >= 11 is 0. The van der Waals surface area contributed by atoms with Crippen LogP contribution in [0.4, 0.5) is 5.69 Å². The van der Waals surface area contributed by atoms with Gasteiger partial charge in [-0.3, -0.25) is 0 Å². The Bertz CT molecular complexity index is 562. The summed E-state index contributed by atoms with van der Waals surface area (Å²) in [6.45, 7) is 4.22. The Labute approximate surface area is 113 Å². The second-order valence-electron chi connectivity index (χ2n) is 5.49. The van der Waals surface area contributed by atoms with E-state index in [-0.39, 0.29) is 17.9 Å². The molecule has 0 spiro atoms. The summed E-state index contributed by atoms with van der Waals surface area (Å²) in [7, 11) is 1.46. The Morgan fingerprint density at radius 1 is 1.32 bits per heavy atom. The molecule has 3 rings (SSSR count). The fraction of sp³-hybridized carbons (Fsp3) is 0.438. The van der Waals surface area contributed by atoms with Gasteiger partial charge >= 0.3 is 5.97 Å². The highest BCUT2D eigenvalue weighted by atomic mass is 16.5. The summed E-state index contributed by atoms with van der Waals surface area (Å²) < 4.78 is 4.95. The number of esters is 1. The lowest BCUT2D eigenvalue weighted by molar-refractivity contribution is -0.143. The standard InChI is InChI=1S/C16H19NO2/c1-9-7-8-10(2)14-13(9)11-5-4-6-12(11)15(17-14)16(18)19-3/h4-5,7-8,11-12,15,17H,6H2,1-3H3/t11-,12+,15-/m0/s1. The first kappa shape index (κ1) is 12.3. The van der Waals surface area contributed by atoms with Crippen LogP contribution in [0.15, 0.2) is 24.3 Å². The second-order valence-corrected chi connectivity index (χ2v) is 5.49. The first-order valence-corrected chi connectivity index (χ1v) is 6.74. The molecule has 19 heavy (non-hydrogen) atoms. The molecule has 1 aliphatic carbocycles. The van der Waals surface area contributed by atoms with E-state index in [1.807, 2.05) is 0 Å². The third-order valence-corrected chi connectivity index (χ3v) is 4.40. The maximum Gasteiger partial charge on any atom is 0.328 e. The summed E-state index contributed by atoms with van der Waals surface area (Å²) in [4.78, 5) is 12.0. The molecule has 1 aromatic rings. The molecular formula is C16H19NO2. The van der Waals surface area contributed by atoms with Gasteiger partial charge in [0.15, 0.2) is 0 Å². The molecule has 3 nitrogen and oxygen atoms in total. The Balaban J connectivity index is 2.12. The van der Waals surface area contributed by atoms with E-state index in [1.165, 1.54) is 23.8 Å². The maximum absolute atomic E-state index is 12.0. The number of rotatable bonds is 1. The van der Waals surface area contributed by atoms with Gasteiger partial charge in [-0.1, -0.05) is 24.3 Å². The van der Waals surface area contributed by atoms with E-state index in [9.17, 15) is 4.79 Å². The van der Waals surface area contributed by atoms with Crippen molar-refractivity contribution < 1.29 is 9.53 Å². The maximum atomic E-state index is 12.0. The van der Waals surface area contributed by atoms with Crippen LogP contribution in [-0.4, -0.2) is 19.1 Å². The third kappa shape index (κ3) is 1.76. The van der Waals surface area contributed by atoms with Crippen molar-refractivity contribution in [2.75, 3.05) is 12.4 Å². The second kappa shape index (κ2) is 4.41. The number of anilines is 1. The molecule has 0 saturated heterocycles. The molecule has 0 fully saturated rings. The summed E-state index contributed by atoms with van der Waals surface area (Å²) in [5.41, 5.74) is 4.94. The lowest BCUT2D eigenvalue weighted by Gasteiger charge is -2.37. The zero-order valence-electron chi connectivity index (χ0n) is 11.6. The van der Waals surface area contributed by atoms with Crippen molar-refractivity contribution in [3.8, 4) is 0 Å². The monoisotopic (exact) mass is 257 g/mol. The minimum Gasteiger partial charge on any atom is -0.467 e. The van der Waals surface area contributed by atoms with Crippen LogP contribution in [-0.2, 0) is 9.53 Å². The topological polar surface area (TPSA) is 38.3 Å². The van der Waals surface area contributed by atoms with Crippen LogP contribution in [0.5, 0.6) is 0 Å². The molecule has 1 heterocycles. The van der Waals surface area contributed by atoms with Gasteiger partial charge in [0.1, 0.15) is 6.04 Å². The SMILES string of the molecule is COC(=O)[C@H]1Nc2c(C)ccc(C)c2[C@H]2C=CC[C@@H]12. The van der Waals surface area contributed by atoms with Gasteiger partial charge in [-0.15, -0.1) is 0 Å². The average molecular weight is 257 g/mol. The number of carbonyl (C=O) groups is 1. The molecule has 100 valence electrons. The number of hydrogen-bond donors (Lipinski definition) is 1. The van der Waals surface area contributed by atoms with Gasteiger partial charge in [-0.05, 0) is 37.0 Å². The van der Waals surface area contributed by atoms with Crippen molar-refractivity contribution in [1.82, 2.24) is 0 Å². The zero-order valence-corrected chi connectivity index (χ0v) is 11.6. The molecule has 1 N–H and O–H groups in total. The molecule has 2 aliphatic rings. The van der Waals surface area contributed by atoms with Gasteiger partial charge in [0.2, 0.25) is 0 Å². The summed E-state index contributed by atoms with van der Waals surface area (Å²) in [5, 5.41) is 3.41. The highest BCUT2D eigenvalue weighted by Gasteiger charge is 2.42. The van der Waals surface area contributed by atoms with Crippen molar-refractivity contribution in [2.45, 2.75) is 32.2 Å². The Morgan fingerprint density at radius 2 is 2.05 bits per heavy atom. The Morgan fingerprint density at radius 3 is 2.79 bits per heavy atom. The van der Waals surface area contributed by atoms with Crippen LogP contribution < -0.4 is 5.32 Å². The lowest BCUT2D eigenvalue weighted by atomic mass is 9.77. The van der Waals surface area contributed by atoms with Gasteiger partial charge in [-0.2, -0.15) is 0 Å². The predicted octanol–water partition coefficient (Wildman–Crippen LogP) is 2.93. The van der Waals surface area contributed by atoms with E-state index in [0.717, 1.165) is 12.1 Å². The molecule has 0 unspecified atom stereocenters. The first-order chi connectivity index (χ1) is 9.13. The normalized spacial score (nSPS) is 27.4. The highest BCUT2D eigenvalue weighted by Crippen LogP contribution is 2.47. The van der Waals surface area contributed by atoms with Crippen molar-refractivity contribution in [2.24, 2.45) is 5.92 Å². The zero-order chi connectivity index (χ0) is 13.6. The molecule has 0 aromatic heterocycles. The lowest BCUT2D eigenvalue weighted by Crippen LogP contribution is -2.43. The van der Waals surface area contributed by atoms with Gasteiger partial charge in [0.05, 0.1) is 7.11 Å². The van der Waals surface area contributed by atoms with Crippen LogP contribution in [0.2, 0.25) is 0 Å². The third-order valence-electron chi connectivity index (χ3n) is 4.40. The van der Waals surface area contributed by atoms with Crippen molar-refractivity contribution in [3.63, 3.8) is 0 Å². The Hall–Kier alpha value is -1.77. The molecular weight excluding hydrogens is 238 g/mol.